The van der Waals surface area contributed by atoms with Gasteiger partial charge in [-0.1, -0.05) is 26.7 Å². The second-order valence-electron chi connectivity index (χ2n) is 4.12. The van der Waals surface area contributed by atoms with E-state index >= 15 is 0 Å². The van der Waals surface area contributed by atoms with E-state index in [4.69, 9.17) is 14.2 Å². The van der Waals surface area contributed by atoms with Gasteiger partial charge in [0.25, 0.3) is 0 Å². The molecule has 3 nitrogen and oxygen atoms in total. The lowest BCUT2D eigenvalue weighted by Crippen LogP contribution is -2.37. The Labute approximate surface area is 93.1 Å². The molecule has 0 radical (unpaired) electrons. The van der Waals surface area contributed by atoms with Crippen LogP contribution in [0.5, 0.6) is 0 Å². The lowest BCUT2D eigenvalue weighted by Gasteiger charge is -2.28. The van der Waals surface area contributed by atoms with Crippen molar-refractivity contribution in [3.63, 3.8) is 0 Å². The minimum atomic E-state index is -0.426. The monoisotopic (exact) mass is 216 g/mol. The summed E-state index contributed by atoms with van der Waals surface area (Å²) in [5, 5.41) is 0. The summed E-state index contributed by atoms with van der Waals surface area (Å²) in [5.74, 6) is -0.426. The Morgan fingerprint density at radius 2 is 1.67 bits per heavy atom. The maximum Gasteiger partial charge on any atom is 0.193 e. The standard InChI is InChI=1S/C12H24O3/c1-3-5-8-14-12(7-10-13-11-12)15-9-6-4-2/h3-11H2,1-2H3. The average Bonchev–Trinajstić information content (AvgIpc) is 2.68. The van der Waals surface area contributed by atoms with Gasteiger partial charge in [0.1, 0.15) is 6.61 Å². The Morgan fingerprint density at radius 3 is 2.07 bits per heavy atom. The minimum absolute atomic E-state index is 0.426. The first-order valence-electron chi connectivity index (χ1n) is 6.18. The molecule has 0 bridgehead atoms. The van der Waals surface area contributed by atoms with Gasteiger partial charge in [0.15, 0.2) is 5.79 Å². The molecule has 1 aliphatic rings. The molecule has 1 aliphatic heterocycles. The Hall–Kier alpha value is -0.120. The lowest BCUT2D eigenvalue weighted by atomic mass is 10.2. The molecule has 0 saturated carbocycles. The van der Waals surface area contributed by atoms with Crippen LogP contribution >= 0.6 is 0 Å². The molecular weight excluding hydrogens is 192 g/mol. The van der Waals surface area contributed by atoms with Crippen LogP contribution in [0.1, 0.15) is 46.0 Å². The van der Waals surface area contributed by atoms with Gasteiger partial charge in [-0.2, -0.15) is 0 Å². The molecule has 0 aliphatic carbocycles. The second kappa shape index (κ2) is 7.20. The van der Waals surface area contributed by atoms with Crippen molar-refractivity contribution in [3.05, 3.63) is 0 Å². The summed E-state index contributed by atoms with van der Waals surface area (Å²) in [7, 11) is 0. The molecule has 1 saturated heterocycles. The van der Waals surface area contributed by atoms with Gasteiger partial charge in [-0.15, -0.1) is 0 Å². The molecule has 15 heavy (non-hydrogen) atoms. The van der Waals surface area contributed by atoms with Crippen molar-refractivity contribution in [3.8, 4) is 0 Å². The van der Waals surface area contributed by atoms with Gasteiger partial charge < -0.3 is 14.2 Å². The Kier molecular flexibility index (Phi) is 6.22. The Balaban J connectivity index is 2.26. The summed E-state index contributed by atoms with van der Waals surface area (Å²) in [6, 6.07) is 0. The van der Waals surface area contributed by atoms with Crippen LogP contribution in [-0.4, -0.2) is 32.2 Å². The zero-order chi connectivity index (χ0) is 11.0. The number of ether oxygens (including phenoxy) is 3. The highest BCUT2D eigenvalue weighted by Gasteiger charge is 2.36. The topological polar surface area (TPSA) is 27.7 Å². The third-order valence-corrected chi connectivity index (χ3v) is 2.68. The Morgan fingerprint density at radius 1 is 1.07 bits per heavy atom. The molecular formula is C12H24O3. The summed E-state index contributed by atoms with van der Waals surface area (Å²) < 4.78 is 17.0. The molecule has 1 heterocycles. The van der Waals surface area contributed by atoms with E-state index in [2.05, 4.69) is 13.8 Å². The van der Waals surface area contributed by atoms with Crippen molar-refractivity contribution < 1.29 is 14.2 Å². The normalized spacial score (nSPS) is 19.6. The van der Waals surface area contributed by atoms with Crippen molar-refractivity contribution in [2.24, 2.45) is 0 Å². The van der Waals surface area contributed by atoms with Crippen LogP contribution in [0.4, 0.5) is 0 Å². The fourth-order valence-electron chi connectivity index (χ4n) is 1.60. The highest BCUT2D eigenvalue weighted by molar-refractivity contribution is 4.75. The van der Waals surface area contributed by atoms with Crippen molar-refractivity contribution in [2.45, 2.75) is 51.7 Å². The molecule has 90 valence electrons. The first-order valence-corrected chi connectivity index (χ1v) is 6.18. The van der Waals surface area contributed by atoms with E-state index in [0.717, 1.165) is 51.9 Å². The van der Waals surface area contributed by atoms with Crippen molar-refractivity contribution >= 4 is 0 Å². The van der Waals surface area contributed by atoms with E-state index in [0.29, 0.717) is 6.61 Å². The van der Waals surface area contributed by atoms with Crippen LogP contribution in [0.25, 0.3) is 0 Å². The smallest absolute Gasteiger partial charge is 0.193 e. The highest BCUT2D eigenvalue weighted by atomic mass is 16.7. The summed E-state index contributed by atoms with van der Waals surface area (Å²) in [6.07, 6.45) is 5.38. The first kappa shape index (κ1) is 12.9. The number of rotatable bonds is 8. The first-order chi connectivity index (χ1) is 7.33. The molecule has 0 aromatic heterocycles. The lowest BCUT2D eigenvalue weighted by molar-refractivity contribution is -0.234. The maximum absolute atomic E-state index is 5.83. The largest absolute Gasteiger partial charge is 0.376 e. The molecule has 0 atom stereocenters. The summed E-state index contributed by atoms with van der Waals surface area (Å²) in [5.41, 5.74) is 0. The van der Waals surface area contributed by atoms with Gasteiger partial charge in [-0.25, -0.2) is 0 Å². The van der Waals surface area contributed by atoms with E-state index in [1.54, 1.807) is 0 Å². The van der Waals surface area contributed by atoms with Gasteiger partial charge >= 0.3 is 0 Å². The van der Waals surface area contributed by atoms with Crippen molar-refractivity contribution in [1.82, 2.24) is 0 Å². The predicted octanol–water partition coefficient (Wildman–Crippen LogP) is 2.74. The fourth-order valence-corrected chi connectivity index (χ4v) is 1.60. The van der Waals surface area contributed by atoms with Gasteiger partial charge in [0.05, 0.1) is 19.8 Å². The van der Waals surface area contributed by atoms with Crippen LogP contribution in [-0.2, 0) is 14.2 Å². The van der Waals surface area contributed by atoms with E-state index < -0.39 is 5.79 Å². The van der Waals surface area contributed by atoms with Crippen LogP contribution in [0.3, 0.4) is 0 Å². The van der Waals surface area contributed by atoms with E-state index in [1.165, 1.54) is 0 Å². The van der Waals surface area contributed by atoms with Crippen LogP contribution < -0.4 is 0 Å². The minimum Gasteiger partial charge on any atom is -0.376 e. The third-order valence-electron chi connectivity index (χ3n) is 2.68. The molecule has 0 aromatic rings. The van der Waals surface area contributed by atoms with Crippen molar-refractivity contribution in [1.29, 1.82) is 0 Å². The molecule has 1 fully saturated rings. The van der Waals surface area contributed by atoms with Gasteiger partial charge in [0, 0.05) is 6.42 Å². The third kappa shape index (κ3) is 4.49. The number of hydrogen-bond acceptors (Lipinski definition) is 3. The molecule has 0 spiro atoms. The molecule has 0 unspecified atom stereocenters. The SMILES string of the molecule is CCCCOC1(OCCCC)CCOC1. The molecule has 3 heteroatoms. The van der Waals surface area contributed by atoms with Gasteiger partial charge in [-0.05, 0) is 12.8 Å². The van der Waals surface area contributed by atoms with Crippen LogP contribution in [0, 0.1) is 0 Å². The summed E-state index contributed by atoms with van der Waals surface area (Å²) >= 11 is 0. The predicted molar refractivity (Wildman–Crippen MR) is 59.9 cm³/mol. The van der Waals surface area contributed by atoms with Crippen LogP contribution in [0.15, 0.2) is 0 Å². The summed E-state index contributed by atoms with van der Waals surface area (Å²) in [6.45, 7) is 7.26. The van der Waals surface area contributed by atoms with E-state index in [9.17, 15) is 0 Å². The quantitative estimate of drug-likeness (QED) is 0.461. The fraction of sp³-hybridized carbons (Fsp3) is 1.00. The average molecular weight is 216 g/mol. The summed E-state index contributed by atoms with van der Waals surface area (Å²) in [4.78, 5) is 0. The maximum atomic E-state index is 5.83. The van der Waals surface area contributed by atoms with Crippen molar-refractivity contribution in [2.75, 3.05) is 26.4 Å². The van der Waals surface area contributed by atoms with E-state index in [-0.39, 0.29) is 0 Å². The van der Waals surface area contributed by atoms with Gasteiger partial charge in [0.2, 0.25) is 0 Å². The Bertz CT molecular complexity index is 141. The molecule has 0 aromatic carbocycles. The van der Waals surface area contributed by atoms with E-state index in [1.807, 2.05) is 0 Å². The molecule has 0 N–H and O–H groups in total. The number of hydrogen-bond donors (Lipinski definition) is 0. The van der Waals surface area contributed by atoms with Crippen LogP contribution in [0.2, 0.25) is 0 Å². The highest BCUT2D eigenvalue weighted by Crippen LogP contribution is 2.25. The zero-order valence-electron chi connectivity index (χ0n) is 10.1. The van der Waals surface area contributed by atoms with Gasteiger partial charge in [-0.3, -0.25) is 0 Å². The second-order valence-corrected chi connectivity index (χ2v) is 4.12. The zero-order valence-corrected chi connectivity index (χ0v) is 10.1. The molecule has 1 rings (SSSR count). The molecule has 0 amide bonds. The number of unbranched alkanes of at least 4 members (excludes halogenated alkanes) is 2.